The molecule has 0 radical (unpaired) electrons. The maximum Gasteiger partial charge on any atom is 0.322 e. The van der Waals surface area contributed by atoms with E-state index in [1.54, 1.807) is 12.1 Å². The number of piperazine rings is 1. The predicted molar refractivity (Wildman–Crippen MR) is 96.3 cm³/mol. The van der Waals surface area contributed by atoms with Gasteiger partial charge in [0.2, 0.25) is 5.91 Å². The lowest BCUT2D eigenvalue weighted by atomic mass is 10.0. The van der Waals surface area contributed by atoms with Crippen molar-refractivity contribution in [3.8, 4) is 0 Å². The third-order valence-corrected chi connectivity index (χ3v) is 5.02. The molecule has 0 unspecified atom stereocenters. The van der Waals surface area contributed by atoms with Crippen LogP contribution in [0.25, 0.3) is 0 Å². The number of nitrogens with one attached hydrogen (secondary N) is 2. The van der Waals surface area contributed by atoms with Crippen LogP contribution in [-0.4, -0.2) is 29.9 Å². The molecule has 3 amide bonds. The van der Waals surface area contributed by atoms with Crippen molar-refractivity contribution in [3.63, 3.8) is 0 Å². The van der Waals surface area contributed by atoms with Gasteiger partial charge in [-0.1, -0.05) is 24.3 Å². The van der Waals surface area contributed by atoms with Crippen LogP contribution in [0.5, 0.6) is 0 Å². The molecular formula is C20H20FN3O2. The van der Waals surface area contributed by atoms with Gasteiger partial charge in [-0.3, -0.25) is 4.79 Å². The number of nitrogens with zero attached hydrogens (tertiary/aromatic N) is 1. The highest BCUT2D eigenvalue weighted by atomic mass is 19.1. The molecule has 2 aromatic rings. The van der Waals surface area contributed by atoms with Crippen LogP contribution in [0.2, 0.25) is 0 Å². The van der Waals surface area contributed by atoms with E-state index in [0.29, 0.717) is 18.7 Å². The van der Waals surface area contributed by atoms with Crippen molar-refractivity contribution in [1.29, 1.82) is 0 Å². The van der Waals surface area contributed by atoms with E-state index in [1.807, 2.05) is 12.1 Å². The Labute approximate surface area is 151 Å². The molecule has 5 nitrogen and oxygen atoms in total. The summed E-state index contributed by atoms with van der Waals surface area (Å²) in [6, 6.07) is 10.6. The fourth-order valence-electron chi connectivity index (χ4n) is 3.82. The highest BCUT2D eigenvalue weighted by molar-refractivity contribution is 5.95. The summed E-state index contributed by atoms with van der Waals surface area (Å²) < 4.78 is 13.6. The van der Waals surface area contributed by atoms with E-state index in [4.69, 9.17) is 0 Å². The smallest absolute Gasteiger partial charge is 0.322 e. The van der Waals surface area contributed by atoms with Gasteiger partial charge >= 0.3 is 6.03 Å². The number of carbonyl (C=O) groups is 2. The van der Waals surface area contributed by atoms with E-state index in [-0.39, 0.29) is 11.9 Å². The Bertz CT molecular complexity index is 868. The van der Waals surface area contributed by atoms with Crippen LogP contribution < -0.4 is 10.6 Å². The lowest BCUT2D eigenvalue weighted by Crippen LogP contribution is -2.53. The first kappa shape index (κ1) is 16.6. The van der Waals surface area contributed by atoms with E-state index in [2.05, 4.69) is 16.7 Å². The Morgan fingerprint density at radius 3 is 2.88 bits per heavy atom. The normalized spacial score (nSPS) is 19.0. The molecular weight excluding hydrogens is 333 g/mol. The minimum absolute atomic E-state index is 0.296. The number of aryl methyl sites for hydroxylation is 1. The summed E-state index contributed by atoms with van der Waals surface area (Å²) in [6.45, 7) is 0.749. The highest BCUT2D eigenvalue weighted by Gasteiger charge is 2.35. The Hall–Kier alpha value is -2.89. The fraction of sp³-hybridized carbons (Fsp3) is 0.300. The second-order valence-corrected chi connectivity index (χ2v) is 6.67. The average Bonchev–Trinajstić information content (AvgIpc) is 3.11. The number of urea groups is 1. The lowest BCUT2D eigenvalue weighted by Gasteiger charge is -2.35. The first-order valence-electron chi connectivity index (χ1n) is 8.85. The van der Waals surface area contributed by atoms with Crippen molar-refractivity contribution in [2.75, 3.05) is 18.4 Å². The van der Waals surface area contributed by atoms with Crippen molar-refractivity contribution in [1.82, 2.24) is 10.2 Å². The molecule has 26 heavy (non-hydrogen) atoms. The second-order valence-electron chi connectivity index (χ2n) is 6.67. The van der Waals surface area contributed by atoms with Crippen LogP contribution in [-0.2, 0) is 17.6 Å². The molecule has 2 N–H and O–H groups in total. The Morgan fingerprint density at radius 2 is 2.04 bits per heavy atom. The number of amides is 3. The summed E-state index contributed by atoms with van der Waals surface area (Å²) in [7, 11) is 0. The van der Waals surface area contributed by atoms with Gasteiger partial charge < -0.3 is 15.5 Å². The summed E-state index contributed by atoms with van der Waals surface area (Å²) in [4.78, 5) is 26.8. The van der Waals surface area contributed by atoms with Crippen molar-refractivity contribution >= 4 is 17.6 Å². The molecule has 0 saturated carbocycles. The number of carbonyl (C=O) groups excluding carboxylic acids is 2. The van der Waals surface area contributed by atoms with E-state index in [0.717, 1.165) is 24.9 Å². The molecule has 6 heteroatoms. The van der Waals surface area contributed by atoms with Crippen molar-refractivity contribution in [2.45, 2.75) is 25.3 Å². The zero-order chi connectivity index (χ0) is 18.1. The third kappa shape index (κ3) is 3.03. The van der Waals surface area contributed by atoms with Gasteiger partial charge in [-0.05, 0) is 54.2 Å². The van der Waals surface area contributed by atoms with Gasteiger partial charge in [0, 0.05) is 18.8 Å². The zero-order valence-electron chi connectivity index (χ0n) is 14.3. The minimum atomic E-state index is -0.837. The first-order chi connectivity index (χ1) is 12.6. The Kier molecular flexibility index (Phi) is 4.32. The molecule has 1 atom stereocenters. The van der Waals surface area contributed by atoms with Gasteiger partial charge in [0.25, 0.3) is 0 Å². The fourth-order valence-corrected chi connectivity index (χ4v) is 3.82. The Balaban J connectivity index is 1.61. The molecule has 0 bridgehead atoms. The summed E-state index contributed by atoms with van der Waals surface area (Å²) in [5.74, 6) is -0.725. The largest absolute Gasteiger partial charge is 0.352 e. The highest BCUT2D eigenvalue weighted by Crippen LogP contribution is 2.30. The number of hydrogen-bond donors (Lipinski definition) is 2. The summed E-state index contributed by atoms with van der Waals surface area (Å²) >= 11 is 0. The van der Waals surface area contributed by atoms with E-state index < -0.39 is 11.9 Å². The van der Waals surface area contributed by atoms with Gasteiger partial charge in [-0.25, -0.2) is 9.18 Å². The van der Waals surface area contributed by atoms with Crippen LogP contribution in [0, 0.1) is 5.82 Å². The molecule has 1 heterocycles. The predicted octanol–water partition coefficient (Wildman–Crippen LogP) is 3.02. The van der Waals surface area contributed by atoms with E-state index in [9.17, 15) is 14.0 Å². The van der Waals surface area contributed by atoms with Crippen molar-refractivity contribution in [2.24, 2.45) is 0 Å². The molecule has 2 aromatic carbocycles. The van der Waals surface area contributed by atoms with Crippen molar-refractivity contribution in [3.05, 3.63) is 65.0 Å². The molecule has 4 rings (SSSR count). The molecule has 1 aliphatic carbocycles. The van der Waals surface area contributed by atoms with Crippen LogP contribution >= 0.6 is 0 Å². The molecule has 0 aromatic heterocycles. The van der Waals surface area contributed by atoms with E-state index in [1.165, 1.54) is 28.2 Å². The monoisotopic (exact) mass is 353 g/mol. The lowest BCUT2D eigenvalue weighted by molar-refractivity contribution is -0.127. The standard InChI is InChI=1S/C20H20FN3O2/c21-15-7-1-6-14(12-15)18-19(25)22-10-11-24(18)20(26)23-17-9-3-5-13-4-2-8-16(13)17/h1,3,5-7,9,12,18H,2,4,8,10-11H2,(H,22,25)(H,23,26)/t18-/m1/s1. The van der Waals surface area contributed by atoms with Crippen LogP contribution in [0.1, 0.15) is 29.2 Å². The maximum absolute atomic E-state index is 13.6. The SMILES string of the molecule is O=C1NCCN(C(=O)Nc2cccc3c2CCC3)[C@@H]1c1cccc(F)c1. The van der Waals surface area contributed by atoms with Gasteiger partial charge in [-0.2, -0.15) is 0 Å². The topological polar surface area (TPSA) is 61.4 Å². The Morgan fingerprint density at radius 1 is 1.19 bits per heavy atom. The number of anilines is 1. The number of fused-ring (bicyclic) bond motifs is 1. The third-order valence-electron chi connectivity index (χ3n) is 5.02. The molecule has 1 aliphatic heterocycles. The number of rotatable bonds is 2. The molecule has 134 valence electrons. The summed E-state index contributed by atoms with van der Waals surface area (Å²) in [6.07, 6.45) is 3.05. The summed E-state index contributed by atoms with van der Waals surface area (Å²) in [5.41, 5.74) is 3.70. The molecule has 2 aliphatic rings. The van der Waals surface area contributed by atoms with E-state index >= 15 is 0 Å². The molecule has 0 spiro atoms. The van der Waals surface area contributed by atoms with Gasteiger partial charge in [-0.15, -0.1) is 0 Å². The number of benzene rings is 2. The second kappa shape index (κ2) is 6.78. The van der Waals surface area contributed by atoms with Gasteiger partial charge in [0.1, 0.15) is 11.9 Å². The maximum atomic E-state index is 13.6. The number of hydrogen-bond acceptors (Lipinski definition) is 2. The zero-order valence-corrected chi connectivity index (χ0v) is 14.3. The first-order valence-corrected chi connectivity index (χ1v) is 8.85. The summed E-state index contributed by atoms with van der Waals surface area (Å²) in [5, 5.41) is 5.72. The molecule has 1 saturated heterocycles. The molecule has 1 fully saturated rings. The van der Waals surface area contributed by atoms with Crippen molar-refractivity contribution < 1.29 is 14.0 Å². The number of halogens is 1. The quantitative estimate of drug-likeness (QED) is 0.872. The van der Waals surface area contributed by atoms with Crippen LogP contribution in [0.4, 0.5) is 14.9 Å². The van der Waals surface area contributed by atoms with Crippen LogP contribution in [0.15, 0.2) is 42.5 Å². The van der Waals surface area contributed by atoms with Gasteiger partial charge in [0.15, 0.2) is 0 Å². The van der Waals surface area contributed by atoms with Gasteiger partial charge in [0.05, 0.1) is 0 Å². The minimum Gasteiger partial charge on any atom is -0.352 e. The van der Waals surface area contributed by atoms with Crippen LogP contribution in [0.3, 0.4) is 0 Å². The average molecular weight is 353 g/mol.